The van der Waals surface area contributed by atoms with Crippen molar-refractivity contribution in [2.24, 2.45) is 0 Å². The first-order chi connectivity index (χ1) is 15.2. The maximum atomic E-state index is 12.9. The van der Waals surface area contributed by atoms with Crippen molar-refractivity contribution in [1.29, 1.82) is 0 Å². The molecule has 1 unspecified atom stereocenters. The van der Waals surface area contributed by atoms with Gasteiger partial charge in [0.25, 0.3) is 0 Å². The molecule has 32 heavy (non-hydrogen) atoms. The molecular weight excluding hydrogens is 419 g/mol. The minimum Gasteiger partial charge on any atom is -0.486 e. The van der Waals surface area contributed by atoms with E-state index in [-0.39, 0.29) is 12.3 Å². The van der Waals surface area contributed by atoms with Crippen LogP contribution in [-0.4, -0.2) is 29.7 Å². The number of amides is 1. The van der Waals surface area contributed by atoms with E-state index in [1.807, 2.05) is 54.6 Å². The van der Waals surface area contributed by atoms with Gasteiger partial charge >= 0.3 is 12.3 Å². The summed E-state index contributed by atoms with van der Waals surface area (Å²) < 4.78 is 44.6. The van der Waals surface area contributed by atoms with Gasteiger partial charge < -0.3 is 14.7 Å². The molecule has 4 nitrogen and oxygen atoms in total. The number of nitrogens with zero attached hydrogens (tertiary/aromatic N) is 1. The molecule has 0 fully saturated rings. The highest BCUT2D eigenvalue weighted by Gasteiger charge is 2.30. The molecule has 0 aliphatic carbocycles. The van der Waals surface area contributed by atoms with E-state index in [2.05, 4.69) is 0 Å². The van der Waals surface area contributed by atoms with Crippen LogP contribution in [-0.2, 0) is 12.6 Å². The predicted molar refractivity (Wildman–Crippen MR) is 116 cm³/mol. The molecule has 0 bridgehead atoms. The number of rotatable bonds is 8. The average molecular weight is 443 g/mol. The molecule has 0 saturated heterocycles. The minimum atomic E-state index is -4.42. The molecule has 0 aliphatic rings. The predicted octanol–water partition coefficient (Wildman–Crippen LogP) is 6.42. The van der Waals surface area contributed by atoms with Gasteiger partial charge in [0.1, 0.15) is 11.9 Å². The molecule has 1 amide bonds. The topological polar surface area (TPSA) is 49.8 Å². The van der Waals surface area contributed by atoms with Crippen LogP contribution in [0.4, 0.5) is 18.0 Å². The second-order valence-corrected chi connectivity index (χ2v) is 7.53. The lowest BCUT2D eigenvalue weighted by Gasteiger charge is -2.23. The standard InChI is InChI=1S/C25H24F3NO3/c1-29(24(30)31)15-14-23(32-22-12-10-21(11-13-22)25(26,27)28)20-9-5-8-19(17-20)16-18-6-3-2-4-7-18/h2-13,17,23H,14-16H2,1H3,(H,30,31). The molecule has 1 N–H and O–H groups in total. The van der Waals surface area contributed by atoms with E-state index >= 15 is 0 Å². The molecular formula is C25H24F3NO3. The Morgan fingerprint density at radius 3 is 2.25 bits per heavy atom. The number of carboxylic acid groups (broad SMARTS) is 1. The first-order valence-corrected chi connectivity index (χ1v) is 10.1. The van der Waals surface area contributed by atoms with Gasteiger partial charge in [0.05, 0.1) is 5.56 Å². The summed E-state index contributed by atoms with van der Waals surface area (Å²) in [6, 6.07) is 22.2. The summed E-state index contributed by atoms with van der Waals surface area (Å²) in [6.45, 7) is 0.212. The number of ether oxygens (including phenoxy) is 1. The lowest BCUT2D eigenvalue weighted by molar-refractivity contribution is -0.137. The van der Waals surface area contributed by atoms with Crippen molar-refractivity contribution >= 4 is 6.09 Å². The van der Waals surface area contributed by atoms with Crippen molar-refractivity contribution in [2.75, 3.05) is 13.6 Å². The number of alkyl halides is 3. The maximum absolute atomic E-state index is 12.9. The van der Waals surface area contributed by atoms with E-state index in [9.17, 15) is 18.0 Å². The van der Waals surface area contributed by atoms with Crippen molar-refractivity contribution in [3.05, 3.63) is 101 Å². The Bertz CT molecular complexity index is 1020. The number of hydrogen-bond acceptors (Lipinski definition) is 2. The van der Waals surface area contributed by atoms with Crippen LogP contribution in [0.1, 0.15) is 34.8 Å². The van der Waals surface area contributed by atoms with Gasteiger partial charge in [-0.3, -0.25) is 0 Å². The van der Waals surface area contributed by atoms with Crippen molar-refractivity contribution in [2.45, 2.75) is 25.1 Å². The number of carbonyl (C=O) groups is 1. The molecule has 0 aromatic heterocycles. The molecule has 0 heterocycles. The molecule has 0 saturated carbocycles. The largest absolute Gasteiger partial charge is 0.486 e. The fourth-order valence-electron chi connectivity index (χ4n) is 3.32. The molecule has 0 radical (unpaired) electrons. The van der Waals surface area contributed by atoms with Crippen molar-refractivity contribution < 1.29 is 27.8 Å². The van der Waals surface area contributed by atoms with Crippen LogP contribution in [0.3, 0.4) is 0 Å². The van der Waals surface area contributed by atoms with Crippen LogP contribution >= 0.6 is 0 Å². The number of hydrogen-bond donors (Lipinski definition) is 1. The summed E-state index contributed by atoms with van der Waals surface area (Å²) in [5.41, 5.74) is 2.28. The Hall–Kier alpha value is -3.48. The van der Waals surface area contributed by atoms with Crippen LogP contribution < -0.4 is 4.74 Å². The first-order valence-electron chi connectivity index (χ1n) is 10.1. The highest BCUT2D eigenvalue weighted by Crippen LogP contribution is 2.32. The van der Waals surface area contributed by atoms with Gasteiger partial charge in [-0.25, -0.2) is 4.79 Å². The quantitative estimate of drug-likeness (QED) is 0.437. The zero-order valence-corrected chi connectivity index (χ0v) is 17.5. The third-order valence-corrected chi connectivity index (χ3v) is 5.09. The molecule has 0 aliphatic heterocycles. The second kappa shape index (κ2) is 10.2. The molecule has 3 aromatic carbocycles. The van der Waals surface area contributed by atoms with Crippen LogP contribution in [0.5, 0.6) is 5.75 Å². The van der Waals surface area contributed by atoms with Crippen LogP contribution in [0.2, 0.25) is 0 Å². The summed E-state index contributed by atoms with van der Waals surface area (Å²) in [7, 11) is 1.46. The van der Waals surface area contributed by atoms with E-state index in [1.165, 1.54) is 19.2 Å². The van der Waals surface area contributed by atoms with Crippen LogP contribution in [0, 0.1) is 0 Å². The molecule has 3 rings (SSSR count). The van der Waals surface area contributed by atoms with E-state index < -0.39 is 23.9 Å². The summed E-state index contributed by atoms with van der Waals surface area (Å²) in [4.78, 5) is 12.3. The van der Waals surface area contributed by atoms with Gasteiger partial charge in [-0.05, 0) is 47.4 Å². The Labute approximate surface area is 184 Å². The van der Waals surface area contributed by atoms with Crippen molar-refractivity contribution in [1.82, 2.24) is 4.90 Å². The number of halogens is 3. The summed E-state index contributed by atoms with van der Waals surface area (Å²) in [6.07, 6.45) is -4.94. The van der Waals surface area contributed by atoms with E-state index in [0.29, 0.717) is 6.42 Å². The minimum absolute atomic E-state index is 0.212. The van der Waals surface area contributed by atoms with Gasteiger partial charge in [0.2, 0.25) is 0 Å². The molecule has 7 heteroatoms. The molecule has 168 valence electrons. The van der Waals surface area contributed by atoms with Gasteiger partial charge in [0.15, 0.2) is 0 Å². The Morgan fingerprint density at radius 1 is 0.969 bits per heavy atom. The Balaban J connectivity index is 1.82. The lowest BCUT2D eigenvalue weighted by Crippen LogP contribution is -2.27. The summed E-state index contributed by atoms with van der Waals surface area (Å²) >= 11 is 0. The van der Waals surface area contributed by atoms with Gasteiger partial charge in [0, 0.05) is 20.0 Å². The average Bonchev–Trinajstić information content (AvgIpc) is 2.77. The second-order valence-electron chi connectivity index (χ2n) is 7.53. The summed E-state index contributed by atoms with van der Waals surface area (Å²) in [5.74, 6) is 0.287. The zero-order chi connectivity index (χ0) is 23.1. The van der Waals surface area contributed by atoms with E-state index in [4.69, 9.17) is 9.84 Å². The third kappa shape index (κ3) is 6.51. The van der Waals surface area contributed by atoms with Gasteiger partial charge in [-0.2, -0.15) is 13.2 Å². The monoisotopic (exact) mass is 443 g/mol. The van der Waals surface area contributed by atoms with Gasteiger partial charge in [-0.1, -0.05) is 54.6 Å². The zero-order valence-electron chi connectivity index (χ0n) is 17.5. The molecule has 0 spiro atoms. The fraction of sp³-hybridized carbons (Fsp3) is 0.240. The highest BCUT2D eigenvalue weighted by molar-refractivity contribution is 5.64. The van der Waals surface area contributed by atoms with Crippen LogP contribution in [0.25, 0.3) is 0 Å². The smallest absolute Gasteiger partial charge is 0.416 e. The summed E-state index contributed by atoms with van der Waals surface area (Å²) in [5, 5.41) is 9.15. The fourth-order valence-corrected chi connectivity index (χ4v) is 3.32. The maximum Gasteiger partial charge on any atom is 0.416 e. The number of benzene rings is 3. The molecule has 1 atom stereocenters. The Morgan fingerprint density at radius 2 is 1.62 bits per heavy atom. The van der Waals surface area contributed by atoms with Crippen LogP contribution in [0.15, 0.2) is 78.9 Å². The first kappa shape index (κ1) is 23.2. The normalized spacial score (nSPS) is 12.2. The van der Waals surface area contributed by atoms with Crippen molar-refractivity contribution in [3.63, 3.8) is 0 Å². The third-order valence-electron chi connectivity index (χ3n) is 5.09. The van der Waals surface area contributed by atoms with Gasteiger partial charge in [-0.15, -0.1) is 0 Å². The van der Waals surface area contributed by atoms with E-state index in [1.54, 1.807) is 0 Å². The Kier molecular flexibility index (Phi) is 7.41. The SMILES string of the molecule is CN(CCC(Oc1ccc(C(F)(F)F)cc1)c1cccc(Cc2ccccc2)c1)C(=O)O. The highest BCUT2D eigenvalue weighted by atomic mass is 19.4. The van der Waals surface area contributed by atoms with E-state index in [0.717, 1.165) is 40.1 Å². The van der Waals surface area contributed by atoms with Crippen molar-refractivity contribution in [3.8, 4) is 5.75 Å². The molecule has 3 aromatic rings. The lowest BCUT2D eigenvalue weighted by atomic mass is 9.99.